The second-order valence-electron chi connectivity index (χ2n) is 4.74. The number of anilines is 1. The Balaban J connectivity index is 2.04. The van der Waals surface area contributed by atoms with E-state index in [1.807, 2.05) is 0 Å². The normalized spacial score (nSPS) is 10.5. The van der Waals surface area contributed by atoms with E-state index in [-0.39, 0.29) is 18.7 Å². The lowest BCUT2D eigenvalue weighted by atomic mass is 10.1. The summed E-state index contributed by atoms with van der Waals surface area (Å²) in [6.45, 7) is 1.79. The number of nitrogens with one attached hydrogen (secondary N) is 1. The third-order valence-electron chi connectivity index (χ3n) is 3.01. The maximum absolute atomic E-state index is 13.7. The molecular formula is C15H15FN2O3S. The highest BCUT2D eigenvalue weighted by Gasteiger charge is 2.13. The Morgan fingerprint density at radius 3 is 2.73 bits per heavy atom. The van der Waals surface area contributed by atoms with Crippen LogP contribution in [0.15, 0.2) is 24.3 Å². The van der Waals surface area contributed by atoms with Crippen LogP contribution in [0.25, 0.3) is 0 Å². The molecule has 116 valence electrons. The topological polar surface area (TPSA) is 79.3 Å². The molecule has 0 aliphatic rings. The van der Waals surface area contributed by atoms with Gasteiger partial charge in [0.2, 0.25) is 5.91 Å². The van der Waals surface area contributed by atoms with Crippen LogP contribution in [0.5, 0.6) is 0 Å². The molecule has 0 atom stereocenters. The van der Waals surface area contributed by atoms with Crippen LogP contribution in [0.2, 0.25) is 0 Å². The second-order valence-corrected chi connectivity index (χ2v) is 5.82. The molecule has 1 aromatic carbocycles. The minimum absolute atomic E-state index is 0.101. The molecule has 5 nitrogen and oxygen atoms in total. The lowest BCUT2D eigenvalue weighted by molar-refractivity contribution is -0.138. The van der Waals surface area contributed by atoms with Crippen LogP contribution in [0.3, 0.4) is 0 Å². The summed E-state index contributed by atoms with van der Waals surface area (Å²) in [7, 11) is 0. The molecule has 2 aromatic rings. The number of aliphatic carboxylic acids is 1. The number of amides is 1. The molecule has 22 heavy (non-hydrogen) atoms. The highest BCUT2D eigenvalue weighted by Crippen LogP contribution is 2.26. The van der Waals surface area contributed by atoms with E-state index in [9.17, 15) is 14.0 Å². The highest BCUT2D eigenvalue weighted by molar-refractivity contribution is 7.15. The molecule has 1 aromatic heterocycles. The van der Waals surface area contributed by atoms with Gasteiger partial charge in [0, 0.05) is 17.7 Å². The average molecular weight is 322 g/mol. The Morgan fingerprint density at radius 2 is 2.05 bits per heavy atom. The molecule has 0 aliphatic carbocycles. The number of aromatic nitrogens is 1. The van der Waals surface area contributed by atoms with Crippen molar-refractivity contribution in [3.8, 4) is 0 Å². The van der Waals surface area contributed by atoms with Crippen molar-refractivity contribution in [2.75, 3.05) is 5.32 Å². The van der Waals surface area contributed by atoms with Crippen molar-refractivity contribution in [1.29, 1.82) is 0 Å². The Kier molecular flexibility index (Phi) is 5.21. The molecule has 0 bridgehead atoms. The first-order valence-corrected chi connectivity index (χ1v) is 7.48. The van der Waals surface area contributed by atoms with Crippen LogP contribution in [0, 0.1) is 12.7 Å². The number of carbonyl (C=O) groups is 2. The summed E-state index contributed by atoms with van der Waals surface area (Å²) in [6.07, 6.45) is 0.0794. The van der Waals surface area contributed by atoms with Gasteiger partial charge < -0.3 is 10.4 Å². The van der Waals surface area contributed by atoms with Crippen molar-refractivity contribution in [2.45, 2.75) is 26.2 Å². The summed E-state index contributed by atoms with van der Waals surface area (Å²) >= 11 is 1.27. The molecule has 2 N–H and O–H groups in total. The van der Waals surface area contributed by atoms with Gasteiger partial charge in [0.1, 0.15) is 5.82 Å². The van der Waals surface area contributed by atoms with E-state index in [2.05, 4.69) is 10.3 Å². The lowest BCUT2D eigenvalue weighted by Crippen LogP contribution is -2.12. The van der Waals surface area contributed by atoms with Gasteiger partial charge in [-0.25, -0.2) is 9.37 Å². The highest BCUT2D eigenvalue weighted by atomic mass is 32.1. The van der Waals surface area contributed by atoms with Crippen molar-refractivity contribution in [2.24, 2.45) is 0 Å². The fraction of sp³-hybridized carbons (Fsp3) is 0.267. The van der Waals surface area contributed by atoms with E-state index in [4.69, 9.17) is 5.11 Å². The number of hydrogen-bond acceptors (Lipinski definition) is 4. The number of benzene rings is 1. The Hall–Kier alpha value is -2.28. The summed E-state index contributed by atoms with van der Waals surface area (Å²) in [5.41, 5.74) is 1.29. The zero-order valence-corrected chi connectivity index (χ0v) is 12.7. The number of carbonyl (C=O) groups excluding carboxylic acids is 1. The molecule has 0 spiro atoms. The first-order valence-electron chi connectivity index (χ1n) is 6.67. The van der Waals surface area contributed by atoms with Crippen molar-refractivity contribution in [3.05, 3.63) is 46.2 Å². The number of hydrogen-bond donors (Lipinski definition) is 2. The SMILES string of the molecule is Cc1nc(NC(=O)CCC(=O)O)sc1Cc1ccccc1F. The molecule has 2 rings (SSSR count). The zero-order valence-electron chi connectivity index (χ0n) is 11.9. The maximum Gasteiger partial charge on any atom is 0.303 e. The number of thiazole rings is 1. The van der Waals surface area contributed by atoms with Gasteiger partial charge in [-0.3, -0.25) is 9.59 Å². The zero-order chi connectivity index (χ0) is 16.1. The van der Waals surface area contributed by atoms with Crippen LogP contribution in [0.4, 0.5) is 9.52 Å². The number of halogens is 1. The summed E-state index contributed by atoms with van der Waals surface area (Å²) in [6, 6.07) is 6.51. The third-order valence-corrected chi connectivity index (χ3v) is 4.09. The van der Waals surface area contributed by atoms with E-state index in [0.29, 0.717) is 17.1 Å². The molecule has 0 fully saturated rings. The molecule has 0 unspecified atom stereocenters. The number of carboxylic acid groups (broad SMARTS) is 1. The van der Waals surface area contributed by atoms with Gasteiger partial charge in [0.15, 0.2) is 5.13 Å². The monoisotopic (exact) mass is 322 g/mol. The van der Waals surface area contributed by atoms with Crippen molar-refractivity contribution >= 4 is 28.3 Å². The van der Waals surface area contributed by atoms with Crippen LogP contribution >= 0.6 is 11.3 Å². The van der Waals surface area contributed by atoms with E-state index < -0.39 is 11.9 Å². The van der Waals surface area contributed by atoms with Crippen LogP contribution in [-0.4, -0.2) is 22.0 Å². The van der Waals surface area contributed by atoms with E-state index >= 15 is 0 Å². The van der Waals surface area contributed by atoms with Crippen molar-refractivity contribution < 1.29 is 19.1 Å². The van der Waals surface area contributed by atoms with Crippen LogP contribution in [0.1, 0.15) is 29.0 Å². The minimum atomic E-state index is -1.02. The first-order chi connectivity index (χ1) is 10.5. The Labute approximate surface area is 130 Å². The standard InChI is InChI=1S/C15H15FN2O3S/c1-9-12(8-10-4-2-3-5-11(10)16)22-15(17-9)18-13(19)6-7-14(20)21/h2-5H,6-8H2,1H3,(H,20,21)(H,17,18,19). The smallest absolute Gasteiger partial charge is 0.303 e. The third kappa shape index (κ3) is 4.36. The number of rotatable bonds is 6. The summed E-state index contributed by atoms with van der Waals surface area (Å²) in [5.74, 6) is -1.69. The average Bonchev–Trinajstić information content (AvgIpc) is 2.79. The number of carboxylic acids is 1. The minimum Gasteiger partial charge on any atom is -0.481 e. The van der Waals surface area contributed by atoms with E-state index in [1.54, 1.807) is 25.1 Å². The van der Waals surface area contributed by atoms with E-state index in [0.717, 1.165) is 10.6 Å². The van der Waals surface area contributed by atoms with Gasteiger partial charge in [-0.15, -0.1) is 11.3 Å². The molecule has 1 amide bonds. The predicted octanol–water partition coefficient (Wildman–Crippen LogP) is 2.98. The van der Waals surface area contributed by atoms with Crippen LogP contribution in [-0.2, 0) is 16.0 Å². The number of nitrogens with zero attached hydrogens (tertiary/aromatic N) is 1. The molecule has 0 saturated carbocycles. The molecule has 0 saturated heterocycles. The van der Waals surface area contributed by atoms with Gasteiger partial charge in [0.05, 0.1) is 12.1 Å². The van der Waals surface area contributed by atoms with Gasteiger partial charge in [0.25, 0.3) is 0 Å². The quantitative estimate of drug-likeness (QED) is 0.857. The molecular weight excluding hydrogens is 307 g/mol. The van der Waals surface area contributed by atoms with E-state index in [1.165, 1.54) is 17.4 Å². The Bertz CT molecular complexity index is 700. The molecule has 0 radical (unpaired) electrons. The van der Waals surface area contributed by atoms with Gasteiger partial charge in [-0.05, 0) is 18.6 Å². The van der Waals surface area contributed by atoms with Crippen molar-refractivity contribution in [3.63, 3.8) is 0 Å². The summed E-state index contributed by atoms with van der Waals surface area (Å²) in [4.78, 5) is 27.1. The van der Waals surface area contributed by atoms with Gasteiger partial charge >= 0.3 is 5.97 Å². The molecule has 7 heteroatoms. The first kappa shape index (κ1) is 16.1. The van der Waals surface area contributed by atoms with Crippen LogP contribution < -0.4 is 5.32 Å². The largest absolute Gasteiger partial charge is 0.481 e. The van der Waals surface area contributed by atoms with Gasteiger partial charge in [-0.1, -0.05) is 18.2 Å². The molecule has 0 aliphatic heterocycles. The number of aryl methyl sites for hydroxylation is 1. The maximum atomic E-state index is 13.7. The summed E-state index contributed by atoms with van der Waals surface area (Å²) < 4.78 is 13.7. The lowest BCUT2D eigenvalue weighted by Gasteiger charge is -2.01. The Morgan fingerprint density at radius 1 is 1.32 bits per heavy atom. The van der Waals surface area contributed by atoms with Gasteiger partial charge in [-0.2, -0.15) is 0 Å². The fourth-order valence-electron chi connectivity index (χ4n) is 1.86. The second kappa shape index (κ2) is 7.13. The summed E-state index contributed by atoms with van der Waals surface area (Å²) in [5, 5.41) is 11.5. The fourth-order valence-corrected chi connectivity index (χ4v) is 2.86. The predicted molar refractivity (Wildman–Crippen MR) is 81.6 cm³/mol. The molecule has 1 heterocycles. The van der Waals surface area contributed by atoms with Crippen molar-refractivity contribution in [1.82, 2.24) is 4.98 Å².